The first-order valence-electron chi connectivity index (χ1n) is 4.51. The lowest BCUT2D eigenvalue weighted by Gasteiger charge is -2.02. The van der Waals surface area contributed by atoms with Crippen LogP contribution in [0.2, 0.25) is 5.02 Å². The smallest absolute Gasteiger partial charge is 0.149 e. The van der Waals surface area contributed by atoms with Gasteiger partial charge in [0.1, 0.15) is 11.6 Å². The highest BCUT2D eigenvalue weighted by Crippen LogP contribution is 2.23. The van der Waals surface area contributed by atoms with Gasteiger partial charge in [0.15, 0.2) is 0 Å². The summed E-state index contributed by atoms with van der Waals surface area (Å²) in [6.07, 6.45) is 1.75. The second kappa shape index (κ2) is 3.66. The van der Waals surface area contributed by atoms with Crippen molar-refractivity contribution in [3.63, 3.8) is 0 Å². The molecular formula is C11H9ClFNO. The van der Waals surface area contributed by atoms with Crippen molar-refractivity contribution in [3.05, 3.63) is 35.2 Å². The molecule has 4 heteroatoms. The maximum Gasteiger partial charge on any atom is 0.149 e. The lowest BCUT2D eigenvalue weighted by atomic mass is 10.2. The maximum atomic E-state index is 13.1. The van der Waals surface area contributed by atoms with E-state index < -0.39 is 5.82 Å². The summed E-state index contributed by atoms with van der Waals surface area (Å²) in [6.45, 7) is 1.79. The Morgan fingerprint density at radius 3 is 2.93 bits per heavy atom. The minimum Gasteiger partial charge on any atom is -0.340 e. The van der Waals surface area contributed by atoms with Crippen molar-refractivity contribution in [2.75, 3.05) is 0 Å². The van der Waals surface area contributed by atoms with E-state index in [4.69, 9.17) is 11.6 Å². The van der Waals surface area contributed by atoms with Crippen molar-refractivity contribution in [2.24, 2.45) is 0 Å². The molecule has 1 aromatic carbocycles. The first-order chi connectivity index (χ1) is 7.08. The number of hydrogen-bond donors (Lipinski definition) is 0. The molecule has 0 amide bonds. The zero-order chi connectivity index (χ0) is 11.0. The Bertz CT molecular complexity index is 533. The van der Waals surface area contributed by atoms with Gasteiger partial charge in [-0.25, -0.2) is 4.39 Å². The zero-order valence-corrected chi connectivity index (χ0v) is 8.88. The molecule has 0 aliphatic rings. The number of hydrogen-bond acceptors (Lipinski definition) is 1. The van der Waals surface area contributed by atoms with Crippen LogP contribution in [0.1, 0.15) is 6.92 Å². The lowest BCUT2D eigenvalue weighted by Crippen LogP contribution is -2.04. The molecule has 2 nitrogen and oxygen atoms in total. The number of ketones is 1. The summed E-state index contributed by atoms with van der Waals surface area (Å²) in [4.78, 5) is 11.0. The van der Waals surface area contributed by atoms with E-state index in [1.165, 1.54) is 19.1 Å². The van der Waals surface area contributed by atoms with Crippen LogP contribution in [0, 0.1) is 5.82 Å². The van der Waals surface area contributed by atoms with Gasteiger partial charge in [0.2, 0.25) is 0 Å². The second-order valence-corrected chi connectivity index (χ2v) is 3.88. The SMILES string of the molecule is CC(=O)Cn1ccc2cc(F)c(Cl)cc21. The van der Waals surface area contributed by atoms with Crippen LogP contribution in [0.4, 0.5) is 4.39 Å². The fraction of sp³-hybridized carbons (Fsp3) is 0.182. The highest BCUT2D eigenvalue weighted by atomic mass is 35.5. The molecule has 1 aromatic heterocycles. The van der Waals surface area contributed by atoms with Gasteiger partial charge in [-0.05, 0) is 25.1 Å². The normalized spacial score (nSPS) is 10.9. The number of carbonyl (C=O) groups is 1. The molecule has 0 unspecified atom stereocenters. The highest BCUT2D eigenvalue weighted by Gasteiger charge is 2.07. The quantitative estimate of drug-likeness (QED) is 0.770. The van der Waals surface area contributed by atoms with E-state index in [1.807, 2.05) is 0 Å². The number of nitrogens with zero attached hydrogens (tertiary/aromatic N) is 1. The molecule has 0 fully saturated rings. The van der Waals surface area contributed by atoms with Gasteiger partial charge in [-0.3, -0.25) is 4.79 Å². The Labute approximate surface area is 91.3 Å². The summed E-state index contributed by atoms with van der Waals surface area (Å²) in [5.41, 5.74) is 0.775. The molecule has 0 saturated heterocycles. The Morgan fingerprint density at radius 1 is 1.53 bits per heavy atom. The Morgan fingerprint density at radius 2 is 2.27 bits per heavy atom. The topological polar surface area (TPSA) is 22.0 Å². The van der Waals surface area contributed by atoms with Crippen molar-refractivity contribution in [1.82, 2.24) is 4.57 Å². The number of rotatable bonds is 2. The zero-order valence-electron chi connectivity index (χ0n) is 8.13. The standard InChI is InChI=1S/C11H9ClFNO/c1-7(15)6-14-3-2-8-4-10(13)9(12)5-11(8)14/h2-5H,6H2,1H3. The van der Waals surface area contributed by atoms with Gasteiger partial charge in [-0.15, -0.1) is 0 Å². The highest BCUT2D eigenvalue weighted by molar-refractivity contribution is 6.31. The fourth-order valence-electron chi connectivity index (χ4n) is 1.56. The van der Waals surface area contributed by atoms with E-state index in [0.29, 0.717) is 0 Å². The second-order valence-electron chi connectivity index (χ2n) is 3.47. The van der Waals surface area contributed by atoms with Crippen molar-refractivity contribution in [1.29, 1.82) is 0 Å². The molecule has 1 heterocycles. The molecule has 2 rings (SSSR count). The van der Waals surface area contributed by atoms with Gasteiger partial charge in [0.25, 0.3) is 0 Å². The van der Waals surface area contributed by atoms with Gasteiger partial charge >= 0.3 is 0 Å². The summed E-state index contributed by atoms with van der Waals surface area (Å²) >= 11 is 5.68. The van der Waals surface area contributed by atoms with E-state index in [9.17, 15) is 9.18 Å². The molecule has 0 spiro atoms. The number of Topliss-reactive ketones (excluding diaryl/α,β-unsaturated/α-hetero) is 1. The number of benzene rings is 1. The van der Waals surface area contributed by atoms with Gasteiger partial charge in [-0.1, -0.05) is 11.6 Å². The van der Waals surface area contributed by atoms with Gasteiger partial charge < -0.3 is 4.57 Å². The predicted octanol–water partition coefficient (Wildman–Crippen LogP) is 3.02. The van der Waals surface area contributed by atoms with Crippen molar-refractivity contribution in [2.45, 2.75) is 13.5 Å². The molecule has 0 saturated carbocycles. The van der Waals surface area contributed by atoms with E-state index in [1.54, 1.807) is 16.8 Å². The monoisotopic (exact) mass is 225 g/mol. The van der Waals surface area contributed by atoms with Crippen LogP contribution in [-0.4, -0.2) is 10.4 Å². The van der Waals surface area contributed by atoms with Crippen LogP contribution >= 0.6 is 11.6 Å². The maximum absolute atomic E-state index is 13.1. The fourth-order valence-corrected chi connectivity index (χ4v) is 1.72. The van der Waals surface area contributed by atoms with Gasteiger partial charge in [-0.2, -0.15) is 0 Å². The van der Waals surface area contributed by atoms with Gasteiger partial charge in [0, 0.05) is 11.6 Å². The largest absolute Gasteiger partial charge is 0.340 e. The molecule has 2 aromatic rings. The third-order valence-corrected chi connectivity index (χ3v) is 2.50. The molecule has 0 radical (unpaired) electrons. The molecule has 0 bridgehead atoms. The average molecular weight is 226 g/mol. The van der Waals surface area contributed by atoms with E-state index in [2.05, 4.69) is 0 Å². The van der Waals surface area contributed by atoms with Crippen molar-refractivity contribution in [3.8, 4) is 0 Å². The van der Waals surface area contributed by atoms with E-state index in [0.717, 1.165) is 10.9 Å². The molecule has 78 valence electrons. The first kappa shape index (κ1) is 10.2. The lowest BCUT2D eigenvalue weighted by molar-refractivity contribution is -0.117. The predicted molar refractivity (Wildman–Crippen MR) is 57.6 cm³/mol. The van der Waals surface area contributed by atoms with Crippen LogP contribution in [-0.2, 0) is 11.3 Å². The summed E-state index contributed by atoms with van der Waals surface area (Å²) < 4.78 is 14.9. The molecule has 0 aliphatic heterocycles. The van der Waals surface area contributed by atoms with E-state index in [-0.39, 0.29) is 17.4 Å². The Hall–Kier alpha value is -1.35. The van der Waals surface area contributed by atoms with Crippen LogP contribution in [0.25, 0.3) is 10.9 Å². The summed E-state index contributed by atoms with van der Waals surface area (Å²) in [5, 5.41) is 0.823. The Kier molecular flexibility index (Phi) is 2.49. The number of fused-ring (bicyclic) bond motifs is 1. The molecule has 0 atom stereocenters. The first-order valence-corrected chi connectivity index (χ1v) is 4.89. The third-order valence-electron chi connectivity index (χ3n) is 2.21. The van der Waals surface area contributed by atoms with Crippen LogP contribution in [0.3, 0.4) is 0 Å². The molecular weight excluding hydrogens is 217 g/mol. The van der Waals surface area contributed by atoms with E-state index >= 15 is 0 Å². The minimum absolute atomic E-state index is 0.0490. The summed E-state index contributed by atoms with van der Waals surface area (Å²) in [5.74, 6) is -0.391. The molecule has 0 aliphatic carbocycles. The van der Waals surface area contributed by atoms with Crippen LogP contribution in [0.5, 0.6) is 0 Å². The third kappa shape index (κ3) is 1.88. The number of carbonyl (C=O) groups excluding carboxylic acids is 1. The molecule has 0 N–H and O–H groups in total. The Balaban J connectivity index is 2.59. The van der Waals surface area contributed by atoms with Gasteiger partial charge in [0.05, 0.1) is 17.1 Å². The summed E-state index contributed by atoms with van der Waals surface area (Å²) in [6, 6.07) is 4.67. The van der Waals surface area contributed by atoms with Crippen LogP contribution in [0.15, 0.2) is 24.4 Å². The summed E-state index contributed by atoms with van der Waals surface area (Å²) in [7, 11) is 0. The van der Waals surface area contributed by atoms with Crippen molar-refractivity contribution >= 4 is 28.3 Å². The van der Waals surface area contributed by atoms with Crippen molar-refractivity contribution < 1.29 is 9.18 Å². The number of halogens is 2. The molecule has 15 heavy (non-hydrogen) atoms. The minimum atomic E-state index is -0.440. The van der Waals surface area contributed by atoms with Crippen LogP contribution < -0.4 is 0 Å². The number of aromatic nitrogens is 1. The average Bonchev–Trinajstić information content (AvgIpc) is 2.49.